The molecule has 4 heteroatoms. The zero-order valence-electron chi connectivity index (χ0n) is 18.7. The second-order valence-electron chi connectivity index (χ2n) is 8.15. The van der Waals surface area contributed by atoms with Gasteiger partial charge in [0.25, 0.3) is 0 Å². The molecule has 0 aliphatic rings. The van der Waals surface area contributed by atoms with E-state index >= 15 is 0 Å². The average molecular weight is 448 g/mol. The summed E-state index contributed by atoms with van der Waals surface area (Å²) < 4.78 is 15.5. The lowest BCUT2D eigenvalue weighted by Gasteiger charge is -2.04. The topological polar surface area (TPSA) is 39.1 Å². The summed E-state index contributed by atoms with van der Waals surface area (Å²) in [4.78, 5) is 25.9. The van der Waals surface area contributed by atoms with E-state index in [1.54, 1.807) is 18.2 Å². The fraction of sp³-hybridized carbons (Fsp3) is 0.0667. The van der Waals surface area contributed by atoms with E-state index in [2.05, 4.69) is 11.5 Å². The quantitative estimate of drug-likeness (QED) is 0.206. The molecule has 0 spiro atoms. The highest BCUT2D eigenvalue weighted by Crippen LogP contribution is 2.31. The van der Waals surface area contributed by atoms with Crippen LogP contribution in [0.1, 0.15) is 38.8 Å². The lowest BCUT2D eigenvalue weighted by Crippen LogP contribution is -2.01. The highest BCUT2D eigenvalue weighted by Gasteiger charge is 2.16. The van der Waals surface area contributed by atoms with Crippen LogP contribution < -0.4 is 0 Å². The summed E-state index contributed by atoms with van der Waals surface area (Å²) >= 11 is 0. The van der Waals surface area contributed by atoms with Gasteiger partial charge in [0.2, 0.25) is 0 Å². The van der Waals surface area contributed by atoms with E-state index in [4.69, 9.17) is 0 Å². The predicted octanol–water partition coefficient (Wildman–Crippen LogP) is 7.08. The van der Waals surface area contributed by atoms with Gasteiger partial charge in [-0.2, -0.15) is 0 Å². The molecule has 0 atom stereocenters. The van der Waals surface area contributed by atoms with Crippen LogP contribution in [0.2, 0.25) is 0 Å². The third-order valence-electron chi connectivity index (χ3n) is 6.06. The fourth-order valence-corrected chi connectivity index (χ4v) is 4.34. The van der Waals surface area contributed by atoms with E-state index < -0.39 is 0 Å². The van der Waals surface area contributed by atoms with Crippen molar-refractivity contribution in [2.24, 2.45) is 0 Å². The number of aromatic nitrogens is 1. The minimum atomic E-state index is -0.378. The first kappa shape index (κ1) is 21.5. The Kier molecular flexibility index (Phi) is 5.64. The SMILES string of the molecule is CCn1c2ccc(C(=O)C=Cc3ccccc3)cc2c2cc(C(=O)c3ccc(F)cc3)ccc21. The Morgan fingerprint density at radius 2 is 1.35 bits per heavy atom. The van der Waals surface area contributed by atoms with Gasteiger partial charge in [0, 0.05) is 45.0 Å². The van der Waals surface area contributed by atoms with Crippen LogP contribution in [0.5, 0.6) is 0 Å². The van der Waals surface area contributed by atoms with E-state index in [9.17, 15) is 14.0 Å². The molecule has 3 nitrogen and oxygen atoms in total. The van der Waals surface area contributed by atoms with Crippen molar-refractivity contribution in [1.29, 1.82) is 0 Å². The highest BCUT2D eigenvalue weighted by atomic mass is 19.1. The van der Waals surface area contributed by atoms with E-state index in [-0.39, 0.29) is 17.4 Å². The van der Waals surface area contributed by atoms with Crippen molar-refractivity contribution in [3.05, 3.63) is 125 Å². The van der Waals surface area contributed by atoms with Crippen molar-refractivity contribution in [1.82, 2.24) is 4.57 Å². The third-order valence-corrected chi connectivity index (χ3v) is 6.06. The van der Waals surface area contributed by atoms with Gasteiger partial charge in [0.1, 0.15) is 5.82 Å². The van der Waals surface area contributed by atoms with Gasteiger partial charge in [-0.1, -0.05) is 36.4 Å². The summed E-state index contributed by atoms with van der Waals surface area (Å²) in [5.41, 5.74) is 4.51. The maximum Gasteiger partial charge on any atom is 0.193 e. The summed E-state index contributed by atoms with van der Waals surface area (Å²) in [5, 5.41) is 1.83. The van der Waals surface area contributed by atoms with Crippen molar-refractivity contribution < 1.29 is 14.0 Å². The number of aryl methyl sites for hydroxylation is 1. The number of rotatable bonds is 6. The molecule has 0 radical (unpaired) electrons. The summed E-state index contributed by atoms with van der Waals surface area (Å²) in [5.74, 6) is -0.629. The van der Waals surface area contributed by atoms with Gasteiger partial charge < -0.3 is 4.57 Å². The Balaban J connectivity index is 1.58. The maximum atomic E-state index is 13.3. The van der Waals surface area contributed by atoms with Gasteiger partial charge in [-0.15, -0.1) is 0 Å². The average Bonchev–Trinajstić information content (AvgIpc) is 3.20. The van der Waals surface area contributed by atoms with Crippen LogP contribution in [0.4, 0.5) is 4.39 Å². The van der Waals surface area contributed by atoms with Gasteiger partial charge in [0.15, 0.2) is 11.6 Å². The van der Waals surface area contributed by atoms with E-state index in [0.717, 1.165) is 33.9 Å². The monoisotopic (exact) mass is 447 g/mol. The van der Waals surface area contributed by atoms with Crippen LogP contribution in [0.25, 0.3) is 27.9 Å². The molecule has 0 aliphatic heterocycles. The lowest BCUT2D eigenvalue weighted by atomic mass is 10.00. The first-order valence-electron chi connectivity index (χ1n) is 11.2. The van der Waals surface area contributed by atoms with E-state index in [1.807, 2.05) is 60.7 Å². The second-order valence-corrected chi connectivity index (χ2v) is 8.15. The second kappa shape index (κ2) is 8.91. The largest absolute Gasteiger partial charge is 0.341 e. The normalized spacial score (nSPS) is 11.5. The Labute approximate surface area is 196 Å². The molecule has 0 unspecified atom stereocenters. The molecule has 0 fully saturated rings. The van der Waals surface area contributed by atoms with Crippen molar-refractivity contribution in [2.75, 3.05) is 0 Å². The minimum Gasteiger partial charge on any atom is -0.341 e. The van der Waals surface area contributed by atoms with Gasteiger partial charge in [-0.05, 0) is 79.2 Å². The molecule has 0 N–H and O–H groups in total. The first-order chi connectivity index (χ1) is 16.5. The summed E-state index contributed by atoms with van der Waals surface area (Å²) in [6.07, 6.45) is 3.39. The van der Waals surface area contributed by atoms with Crippen LogP contribution in [0.15, 0.2) is 97.1 Å². The molecule has 1 aromatic heterocycles. The number of benzene rings is 4. The zero-order valence-corrected chi connectivity index (χ0v) is 18.7. The molecule has 5 rings (SSSR count). The highest BCUT2D eigenvalue weighted by molar-refractivity contribution is 6.16. The number of hydrogen-bond acceptors (Lipinski definition) is 2. The Morgan fingerprint density at radius 1 is 0.765 bits per heavy atom. The fourth-order valence-electron chi connectivity index (χ4n) is 4.34. The molecule has 5 aromatic rings. The molecule has 34 heavy (non-hydrogen) atoms. The van der Waals surface area contributed by atoms with Crippen LogP contribution >= 0.6 is 0 Å². The Morgan fingerprint density at radius 3 is 2.00 bits per heavy atom. The molecule has 1 heterocycles. The number of halogens is 1. The van der Waals surface area contributed by atoms with Crippen LogP contribution in [-0.4, -0.2) is 16.1 Å². The number of carbonyl (C=O) groups is 2. The molecule has 0 bridgehead atoms. The Hall–Kier alpha value is -4.31. The molecular formula is C30H22FNO2. The van der Waals surface area contributed by atoms with Crippen molar-refractivity contribution in [3.63, 3.8) is 0 Å². The summed E-state index contributed by atoms with van der Waals surface area (Å²) in [7, 11) is 0. The van der Waals surface area contributed by atoms with Gasteiger partial charge in [-0.25, -0.2) is 4.39 Å². The number of allylic oxidation sites excluding steroid dienone is 1. The predicted molar refractivity (Wildman–Crippen MR) is 135 cm³/mol. The lowest BCUT2D eigenvalue weighted by molar-refractivity contribution is 0.103. The van der Waals surface area contributed by atoms with E-state index in [0.29, 0.717) is 16.7 Å². The molecule has 0 saturated carbocycles. The van der Waals surface area contributed by atoms with Crippen molar-refractivity contribution in [3.8, 4) is 0 Å². The standard InChI is InChI=1S/C30H22FNO2/c1-2-32-27-15-11-22(29(33)17-8-20-6-4-3-5-7-20)18-25(27)26-19-23(12-16-28(26)32)30(34)21-9-13-24(31)14-10-21/h3-19H,2H2,1H3. The minimum absolute atomic E-state index is 0.0818. The number of ketones is 2. The van der Waals surface area contributed by atoms with Gasteiger partial charge in [0.05, 0.1) is 0 Å². The smallest absolute Gasteiger partial charge is 0.193 e. The van der Waals surface area contributed by atoms with Crippen molar-refractivity contribution >= 4 is 39.4 Å². The first-order valence-corrected chi connectivity index (χ1v) is 11.2. The summed E-state index contributed by atoms with van der Waals surface area (Å²) in [6.45, 7) is 2.82. The Bertz CT molecular complexity index is 1560. The molecular weight excluding hydrogens is 425 g/mol. The number of nitrogens with zero attached hydrogens (tertiary/aromatic N) is 1. The van der Waals surface area contributed by atoms with Crippen molar-refractivity contribution in [2.45, 2.75) is 13.5 Å². The maximum absolute atomic E-state index is 13.3. The summed E-state index contributed by atoms with van der Waals surface area (Å²) in [6, 6.07) is 26.6. The van der Waals surface area contributed by atoms with Crippen LogP contribution in [0.3, 0.4) is 0 Å². The number of hydrogen-bond donors (Lipinski definition) is 0. The van der Waals surface area contributed by atoms with Crippen LogP contribution in [0, 0.1) is 5.82 Å². The van der Waals surface area contributed by atoms with Gasteiger partial charge in [-0.3, -0.25) is 9.59 Å². The molecule has 0 aliphatic carbocycles. The molecule has 166 valence electrons. The molecule has 0 saturated heterocycles. The molecule has 4 aromatic carbocycles. The zero-order chi connectivity index (χ0) is 23.7. The van der Waals surface area contributed by atoms with Crippen LogP contribution in [-0.2, 0) is 6.54 Å². The van der Waals surface area contributed by atoms with Gasteiger partial charge >= 0.3 is 0 Å². The van der Waals surface area contributed by atoms with E-state index in [1.165, 1.54) is 24.3 Å². The number of fused-ring (bicyclic) bond motifs is 3. The number of carbonyl (C=O) groups excluding carboxylic acids is 2. The molecule has 0 amide bonds. The third kappa shape index (κ3) is 3.95.